The van der Waals surface area contributed by atoms with Gasteiger partial charge in [0.1, 0.15) is 25.3 Å². The smallest absolute Gasteiger partial charge is 0.407 e. The van der Waals surface area contributed by atoms with Gasteiger partial charge in [0.05, 0.1) is 24.3 Å². The van der Waals surface area contributed by atoms with E-state index in [1.807, 2.05) is 25.1 Å². The molecule has 0 aromatic heterocycles. The summed E-state index contributed by atoms with van der Waals surface area (Å²) in [6, 6.07) is 12.8. The van der Waals surface area contributed by atoms with Crippen molar-refractivity contribution < 1.29 is 67.9 Å². The predicted octanol–water partition coefficient (Wildman–Crippen LogP) is 3.29. The van der Waals surface area contributed by atoms with Crippen LogP contribution in [0, 0.1) is 69.5 Å². The van der Waals surface area contributed by atoms with Gasteiger partial charge in [-0.15, -0.1) is 0 Å². The molecule has 10 N–H and O–H groups in total. The molecule has 1 unspecified atom stereocenters. The van der Waals surface area contributed by atoms with E-state index in [0.717, 1.165) is 30.4 Å². The van der Waals surface area contributed by atoms with Crippen molar-refractivity contribution in [3.63, 3.8) is 0 Å². The van der Waals surface area contributed by atoms with E-state index in [1.165, 1.54) is 12.5 Å². The second-order valence-electron chi connectivity index (χ2n) is 25.2. The van der Waals surface area contributed by atoms with E-state index in [-0.39, 0.29) is 47.5 Å². The predicted molar refractivity (Wildman–Crippen MR) is 284 cm³/mol. The van der Waals surface area contributed by atoms with Gasteiger partial charge in [-0.1, -0.05) is 61.9 Å². The molecule has 20 nitrogen and oxygen atoms in total. The van der Waals surface area contributed by atoms with Crippen molar-refractivity contribution in [1.29, 1.82) is 0 Å². The Hall–Kier alpha value is -6.32. The Labute approximate surface area is 463 Å². The van der Waals surface area contributed by atoms with Crippen molar-refractivity contribution in [2.45, 2.75) is 133 Å². The van der Waals surface area contributed by atoms with Crippen molar-refractivity contribution in [3.05, 3.63) is 89.0 Å². The zero-order chi connectivity index (χ0) is 56.4. The van der Waals surface area contributed by atoms with Gasteiger partial charge in [0.2, 0.25) is 23.6 Å². The summed E-state index contributed by atoms with van der Waals surface area (Å²) in [5.74, 6) is -1.03. The second-order valence-corrected chi connectivity index (χ2v) is 25.2. The normalized spacial score (nSPS) is 38.7. The van der Waals surface area contributed by atoms with Crippen LogP contribution in [-0.2, 0) is 60.8 Å². The van der Waals surface area contributed by atoms with Crippen molar-refractivity contribution in [2.24, 2.45) is 75.2 Å². The molecule has 1 heterocycles. The Morgan fingerprint density at radius 1 is 0.863 bits per heavy atom. The number of benzene rings is 2. The van der Waals surface area contributed by atoms with Crippen LogP contribution in [0.4, 0.5) is 10.5 Å². The molecule has 2 aromatic rings. The Balaban J connectivity index is 0.608. The minimum Gasteiger partial charge on any atom is -0.481 e. The number of carboxylic acid groups (broad SMARTS) is 1. The average molecular weight is 1100 g/mol. The summed E-state index contributed by atoms with van der Waals surface area (Å²) in [6.45, 7) is 4.65. The van der Waals surface area contributed by atoms with E-state index in [0.29, 0.717) is 85.4 Å². The molecule has 0 spiro atoms. The number of anilines is 1. The maximum absolute atomic E-state index is 14.1. The lowest BCUT2D eigenvalue weighted by atomic mass is 8.94. The molecule has 426 valence electrons. The molecule has 0 bridgehead atoms. The first-order valence-corrected chi connectivity index (χ1v) is 28.5. The summed E-state index contributed by atoms with van der Waals surface area (Å²) in [6.07, 6.45) is 6.98. The van der Waals surface area contributed by atoms with Gasteiger partial charge < -0.3 is 61.8 Å². The first-order valence-electron chi connectivity index (χ1n) is 28.5. The van der Waals surface area contributed by atoms with Crippen LogP contribution in [0.5, 0.6) is 0 Å². The molecular formula is C60H72N6O14. The van der Waals surface area contributed by atoms with Gasteiger partial charge in [0, 0.05) is 41.3 Å². The number of amides is 5. The van der Waals surface area contributed by atoms with Crippen LogP contribution < -0.4 is 32.3 Å². The molecular weight excluding hydrogens is 1030 g/mol. The molecule has 20 heteroatoms. The molecule has 10 fully saturated rings. The van der Waals surface area contributed by atoms with Gasteiger partial charge in [-0.25, -0.2) is 4.79 Å². The fourth-order valence-corrected chi connectivity index (χ4v) is 18.7. The zero-order valence-electron chi connectivity index (χ0n) is 45.2. The first kappa shape index (κ1) is 54.3. The second kappa shape index (κ2) is 19.7. The highest BCUT2D eigenvalue weighted by Crippen LogP contribution is 3.07. The zero-order valence-corrected chi connectivity index (χ0v) is 45.2. The molecule has 1 aliphatic heterocycles. The molecule has 2 aromatic carbocycles. The monoisotopic (exact) mass is 1100 g/mol. The lowest BCUT2D eigenvalue weighted by Crippen LogP contribution is -3.15. The molecule has 0 radical (unpaired) electrons. The number of nitrogens with two attached hydrogens (primary N) is 1. The third-order valence-electron chi connectivity index (χ3n) is 21.7. The number of hydrogen-bond acceptors (Lipinski definition) is 14. The Morgan fingerprint density at radius 2 is 1.55 bits per heavy atom. The number of unbranched alkanes of at least 4 members (excludes halogenated alkanes) is 1. The number of nitrogens with one attached hydrogen (secondary N) is 5. The van der Waals surface area contributed by atoms with Gasteiger partial charge in [-0.05, 0) is 153 Å². The van der Waals surface area contributed by atoms with E-state index < -0.39 is 108 Å². The molecule has 5 amide bonds. The number of ether oxygens (including phenoxy) is 3. The highest BCUT2D eigenvalue weighted by molar-refractivity contribution is 6.01. The lowest BCUT2D eigenvalue weighted by molar-refractivity contribution is -0.624. The molecule has 80 heavy (non-hydrogen) atoms. The summed E-state index contributed by atoms with van der Waals surface area (Å²) in [5.41, 5.74) is 7.05. The van der Waals surface area contributed by atoms with Gasteiger partial charge >= 0.3 is 12.1 Å². The van der Waals surface area contributed by atoms with Gasteiger partial charge in [-0.3, -0.25) is 33.6 Å². The molecule has 1 saturated heterocycles. The average Bonchev–Trinajstić information content (AvgIpc) is 4.05. The number of rotatable bonds is 22. The van der Waals surface area contributed by atoms with Crippen LogP contribution in [0.1, 0.15) is 102 Å². The Morgan fingerprint density at radius 3 is 2.21 bits per heavy atom. The molecule has 10 aliphatic carbocycles. The van der Waals surface area contributed by atoms with Gasteiger partial charge in [0.25, 0.3) is 0 Å². The molecule has 13 rings (SSSR count). The highest BCUT2D eigenvalue weighted by Gasteiger charge is 3.10. The molecule has 9 saturated carbocycles. The van der Waals surface area contributed by atoms with Crippen LogP contribution in [-0.4, -0.2) is 118 Å². The summed E-state index contributed by atoms with van der Waals surface area (Å²) in [7, 11) is 0. The molecule has 11 aliphatic rings. The van der Waals surface area contributed by atoms with Crippen molar-refractivity contribution in [1.82, 2.24) is 21.3 Å². The van der Waals surface area contributed by atoms with E-state index in [2.05, 4.69) is 45.6 Å². The third kappa shape index (κ3) is 7.84. The van der Waals surface area contributed by atoms with E-state index in [1.54, 1.807) is 36.4 Å². The van der Waals surface area contributed by atoms with Crippen LogP contribution in [0.15, 0.2) is 72.3 Å². The summed E-state index contributed by atoms with van der Waals surface area (Å²) >= 11 is 0. The van der Waals surface area contributed by atoms with Crippen molar-refractivity contribution >= 4 is 52.9 Å². The number of aliphatic carboxylic acids is 1. The topological polar surface area (TPSA) is 311 Å². The quantitative estimate of drug-likeness (QED) is 0.0765. The van der Waals surface area contributed by atoms with Gasteiger partial charge in [-0.2, -0.15) is 0 Å². The fourth-order valence-electron chi connectivity index (χ4n) is 18.7. The largest absolute Gasteiger partial charge is 0.481 e. The summed E-state index contributed by atoms with van der Waals surface area (Å²) < 4.78 is 19.3. The first-order chi connectivity index (χ1) is 38.2. The number of Topliss-reactive ketones (excluding diaryl/α,β-unsaturated/α-hetero) is 1. The summed E-state index contributed by atoms with van der Waals surface area (Å²) in [4.78, 5) is 102. The number of ketones is 2. The Bertz CT molecular complexity index is 2940. The highest BCUT2D eigenvalue weighted by atomic mass is 16.7. The maximum atomic E-state index is 14.1. The van der Waals surface area contributed by atoms with E-state index in [9.17, 15) is 53.7 Å². The van der Waals surface area contributed by atoms with E-state index in [4.69, 9.17) is 19.9 Å². The summed E-state index contributed by atoms with van der Waals surface area (Å²) in [5, 5.41) is 45.3. The Kier molecular flexibility index (Phi) is 13.4. The lowest BCUT2D eigenvalue weighted by Gasteiger charge is -3.11. The van der Waals surface area contributed by atoms with Crippen LogP contribution in [0.2, 0.25) is 0 Å². The minimum atomic E-state index is -1.42. The number of hydrogen-bond donors (Lipinski definition) is 9. The number of aliphatic hydroxyl groups is 2. The number of allylic oxidation sites excluding steroid dienone is 4. The van der Waals surface area contributed by atoms with Crippen molar-refractivity contribution in [3.8, 4) is 0 Å². The van der Waals surface area contributed by atoms with Crippen LogP contribution >= 0.6 is 0 Å². The maximum Gasteiger partial charge on any atom is 0.407 e. The van der Waals surface area contributed by atoms with Crippen LogP contribution in [0.25, 0.3) is 0 Å². The minimum absolute atomic E-state index is 0.00751. The number of carbonyl (C=O) groups is 8. The fraction of sp³-hybridized carbons (Fsp3) is 0.600. The number of carbonyl (C=O) groups excluding carboxylic acids is 7. The SMILES string of the molecule is CC(=O)N[C@@H](CCCCN)C(=O)NCC(=O)N[C@@H](CCC(=O)O)C(=O)Nc1ccc(COC(=O)NC23C4C5C2C2C3C4C52Cc2ccc(C3O[C@@H]4C[C@H]5[C@@H]6CCC7=CC(=O)C=C[C@]7(C)[C@H]6[C@@H](O)C[C@]5(C)[C@]4(C(=O)CO)O3)cc2)cc1. The molecule has 11 atom stereocenters. The van der Waals surface area contributed by atoms with Gasteiger partial charge in [0.15, 0.2) is 23.5 Å². The number of fused-ring (bicyclic) bond motifs is 7. The van der Waals surface area contributed by atoms with Crippen LogP contribution in [0.3, 0.4) is 0 Å². The van der Waals surface area contributed by atoms with E-state index >= 15 is 0 Å². The number of alkyl carbamates (subject to hydrolysis) is 1. The number of carboxylic acids is 1. The van der Waals surface area contributed by atoms with Crippen molar-refractivity contribution in [2.75, 3.05) is 25.0 Å². The standard InChI is InChI=1S/C60H72N6O14/c1-29(68)63-38(6-4-5-21-61)52(75)62-26-43(72)65-39(17-18-44(73)74)53(76)64-34-14-9-31(10-15-34)28-78-55(77)66-59-49-46-50(59)48-51(59)47(49)58(46,48)24-30-7-11-32(12-8-30)54-79-42-23-37-36-16-13-33-22-35(69)19-20-56(33,2)45(36)40(70)25-57(37,3)60(42,80-54)41(71)27-67/h7-12,14-15,19-20,22,36-40,42,45-51,54,67,70H,4-6,13,16-18,21,23-28,61H2,1-3H3,(H,62,75)(H,63,68)(H,64,76)(H,65,72)(H,66,77)(H,73,74)/t36-,37-,38-,39-,40-,42+,45+,46?,47?,48?,49?,50?,51?,54?,56-,57-,58?,59?,60+/m0/s1. The number of aliphatic hydroxyl groups excluding tert-OH is 2. The third-order valence-corrected chi connectivity index (χ3v) is 21.7.